The van der Waals surface area contributed by atoms with Gasteiger partial charge in [0.2, 0.25) is 5.91 Å². The SMILES string of the molecule is C[C@@H]1C[C@H]1C(=O)NCCc1ccc(N2CCCCC2)cc1. The summed E-state index contributed by atoms with van der Waals surface area (Å²) in [6, 6.07) is 8.86. The summed E-state index contributed by atoms with van der Waals surface area (Å²) in [6.07, 6.45) is 5.98. The molecule has 1 aromatic carbocycles. The van der Waals surface area contributed by atoms with E-state index >= 15 is 0 Å². The molecule has 1 aliphatic carbocycles. The lowest BCUT2D eigenvalue weighted by Crippen LogP contribution is -2.29. The number of rotatable bonds is 5. The predicted molar refractivity (Wildman–Crippen MR) is 86.5 cm³/mol. The standard InChI is InChI=1S/C18H26N2O/c1-14-13-17(14)18(21)19-10-9-15-5-7-16(8-6-15)20-11-3-2-4-12-20/h5-8,14,17H,2-4,9-13H2,1H3,(H,19,21)/t14-,17-/m1/s1. The Bertz CT molecular complexity index is 476. The van der Waals surface area contributed by atoms with E-state index in [2.05, 4.69) is 41.4 Å². The Balaban J connectivity index is 1.44. The lowest BCUT2D eigenvalue weighted by molar-refractivity contribution is -0.122. The van der Waals surface area contributed by atoms with Gasteiger partial charge in [-0.2, -0.15) is 0 Å². The van der Waals surface area contributed by atoms with Gasteiger partial charge in [0.25, 0.3) is 0 Å². The molecule has 1 saturated carbocycles. The number of hydrogen-bond acceptors (Lipinski definition) is 2. The fourth-order valence-corrected chi connectivity index (χ4v) is 3.17. The highest BCUT2D eigenvalue weighted by Crippen LogP contribution is 2.37. The molecule has 1 aliphatic heterocycles. The van der Waals surface area contributed by atoms with Crippen LogP contribution in [0.5, 0.6) is 0 Å². The molecule has 114 valence electrons. The second-order valence-electron chi connectivity index (χ2n) is 6.57. The lowest BCUT2D eigenvalue weighted by atomic mass is 10.1. The van der Waals surface area contributed by atoms with Crippen LogP contribution in [0.15, 0.2) is 24.3 Å². The molecule has 2 fully saturated rings. The molecule has 2 aliphatic rings. The predicted octanol–water partition coefficient (Wildman–Crippen LogP) is 2.99. The van der Waals surface area contributed by atoms with Crippen molar-refractivity contribution in [2.75, 3.05) is 24.5 Å². The molecule has 21 heavy (non-hydrogen) atoms. The normalized spacial score (nSPS) is 24.7. The summed E-state index contributed by atoms with van der Waals surface area (Å²) in [7, 11) is 0. The van der Waals surface area contributed by atoms with Crippen LogP contribution in [0.2, 0.25) is 0 Å². The number of nitrogens with one attached hydrogen (secondary N) is 1. The molecule has 0 bridgehead atoms. The smallest absolute Gasteiger partial charge is 0.223 e. The number of nitrogens with zero attached hydrogens (tertiary/aromatic N) is 1. The van der Waals surface area contributed by atoms with E-state index in [-0.39, 0.29) is 11.8 Å². The van der Waals surface area contributed by atoms with Gasteiger partial charge in [0.05, 0.1) is 0 Å². The van der Waals surface area contributed by atoms with Crippen molar-refractivity contribution in [3.8, 4) is 0 Å². The van der Waals surface area contributed by atoms with Crippen LogP contribution in [0.25, 0.3) is 0 Å². The zero-order valence-corrected chi connectivity index (χ0v) is 13.0. The van der Waals surface area contributed by atoms with Gasteiger partial charge in [0, 0.05) is 31.2 Å². The van der Waals surface area contributed by atoms with E-state index in [1.807, 2.05) is 0 Å². The van der Waals surface area contributed by atoms with Gasteiger partial charge in [0.15, 0.2) is 0 Å². The fourth-order valence-electron chi connectivity index (χ4n) is 3.17. The van der Waals surface area contributed by atoms with Gasteiger partial charge >= 0.3 is 0 Å². The third-order valence-corrected chi connectivity index (χ3v) is 4.82. The summed E-state index contributed by atoms with van der Waals surface area (Å²) in [5.41, 5.74) is 2.65. The van der Waals surface area contributed by atoms with Crippen molar-refractivity contribution >= 4 is 11.6 Å². The van der Waals surface area contributed by atoms with E-state index in [1.165, 1.54) is 43.6 Å². The first-order valence-electron chi connectivity index (χ1n) is 8.35. The number of piperidine rings is 1. The molecule has 1 aromatic rings. The van der Waals surface area contributed by atoms with Crippen LogP contribution >= 0.6 is 0 Å². The minimum atomic E-state index is 0.243. The van der Waals surface area contributed by atoms with E-state index in [0.29, 0.717) is 5.92 Å². The monoisotopic (exact) mass is 286 g/mol. The highest BCUT2D eigenvalue weighted by atomic mass is 16.2. The maximum Gasteiger partial charge on any atom is 0.223 e. The highest BCUT2D eigenvalue weighted by molar-refractivity contribution is 5.81. The van der Waals surface area contributed by atoms with E-state index in [4.69, 9.17) is 0 Å². The van der Waals surface area contributed by atoms with Gasteiger partial charge in [-0.3, -0.25) is 4.79 Å². The Morgan fingerprint density at radius 1 is 1.19 bits per heavy atom. The molecule has 0 radical (unpaired) electrons. The van der Waals surface area contributed by atoms with Crippen LogP contribution in [0.4, 0.5) is 5.69 Å². The zero-order valence-electron chi connectivity index (χ0n) is 13.0. The van der Waals surface area contributed by atoms with Crippen molar-refractivity contribution in [2.45, 2.75) is 39.0 Å². The summed E-state index contributed by atoms with van der Waals surface area (Å²) >= 11 is 0. The van der Waals surface area contributed by atoms with Crippen molar-refractivity contribution in [3.05, 3.63) is 29.8 Å². The highest BCUT2D eigenvalue weighted by Gasteiger charge is 2.38. The molecule has 1 saturated heterocycles. The summed E-state index contributed by atoms with van der Waals surface area (Å²) < 4.78 is 0. The van der Waals surface area contributed by atoms with E-state index < -0.39 is 0 Å². The average Bonchev–Trinajstić information content (AvgIpc) is 3.26. The van der Waals surface area contributed by atoms with Crippen LogP contribution < -0.4 is 10.2 Å². The molecule has 0 aromatic heterocycles. The van der Waals surface area contributed by atoms with Gasteiger partial charge in [-0.1, -0.05) is 19.1 Å². The zero-order chi connectivity index (χ0) is 14.7. The minimum absolute atomic E-state index is 0.243. The second-order valence-corrected chi connectivity index (χ2v) is 6.57. The first-order chi connectivity index (χ1) is 10.2. The van der Waals surface area contributed by atoms with E-state index in [9.17, 15) is 4.79 Å². The van der Waals surface area contributed by atoms with Crippen molar-refractivity contribution in [3.63, 3.8) is 0 Å². The van der Waals surface area contributed by atoms with Gasteiger partial charge < -0.3 is 10.2 Å². The fraction of sp³-hybridized carbons (Fsp3) is 0.611. The molecule has 3 rings (SSSR count). The Morgan fingerprint density at radius 3 is 2.48 bits per heavy atom. The van der Waals surface area contributed by atoms with Crippen molar-refractivity contribution < 1.29 is 4.79 Å². The molecule has 0 spiro atoms. The number of carbonyl (C=O) groups is 1. The lowest BCUT2D eigenvalue weighted by Gasteiger charge is -2.28. The van der Waals surface area contributed by atoms with Gasteiger partial charge in [-0.25, -0.2) is 0 Å². The summed E-state index contributed by atoms with van der Waals surface area (Å²) in [6.45, 7) is 5.28. The summed E-state index contributed by atoms with van der Waals surface area (Å²) in [4.78, 5) is 14.2. The Hall–Kier alpha value is -1.51. The minimum Gasteiger partial charge on any atom is -0.372 e. The number of amides is 1. The van der Waals surface area contributed by atoms with Gasteiger partial charge in [-0.15, -0.1) is 0 Å². The first kappa shape index (κ1) is 14.4. The Morgan fingerprint density at radius 2 is 1.86 bits per heavy atom. The molecule has 3 heteroatoms. The van der Waals surface area contributed by atoms with Crippen LogP contribution in [0, 0.1) is 11.8 Å². The third kappa shape index (κ3) is 3.78. The quantitative estimate of drug-likeness (QED) is 0.902. The number of benzene rings is 1. The average molecular weight is 286 g/mol. The molecular formula is C18H26N2O. The van der Waals surface area contributed by atoms with E-state index in [1.54, 1.807) is 0 Å². The van der Waals surface area contributed by atoms with Crippen LogP contribution in [-0.2, 0) is 11.2 Å². The molecule has 3 nitrogen and oxygen atoms in total. The third-order valence-electron chi connectivity index (χ3n) is 4.82. The van der Waals surface area contributed by atoms with Crippen LogP contribution in [0.3, 0.4) is 0 Å². The maximum atomic E-state index is 11.7. The largest absolute Gasteiger partial charge is 0.372 e. The maximum absolute atomic E-state index is 11.7. The number of carbonyl (C=O) groups excluding carboxylic acids is 1. The second kappa shape index (κ2) is 6.50. The molecule has 0 unspecified atom stereocenters. The number of anilines is 1. The Kier molecular flexibility index (Phi) is 4.47. The van der Waals surface area contributed by atoms with Crippen LogP contribution in [0.1, 0.15) is 38.2 Å². The van der Waals surface area contributed by atoms with Gasteiger partial charge in [-0.05, 0) is 55.7 Å². The van der Waals surface area contributed by atoms with Crippen LogP contribution in [-0.4, -0.2) is 25.5 Å². The van der Waals surface area contributed by atoms with Crippen molar-refractivity contribution in [1.82, 2.24) is 5.32 Å². The topological polar surface area (TPSA) is 32.3 Å². The van der Waals surface area contributed by atoms with E-state index in [0.717, 1.165) is 19.4 Å². The van der Waals surface area contributed by atoms with Crippen molar-refractivity contribution in [2.24, 2.45) is 11.8 Å². The van der Waals surface area contributed by atoms with Crippen molar-refractivity contribution in [1.29, 1.82) is 0 Å². The number of hydrogen-bond donors (Lipinski definition) is 1. The summed E-state index contributed by atoms with van der Waals surface area (Å²) in [5.74, 6) is 1.12. The Labute approximate surface area is 127 Å². The molecule has 1 heterocycles. The first-order valence-corrected chi connectivity index (χ1v) is 8.35. The summed E-state index contributed by atoms with van der Waals surface area (Å²) in [5, 5.41) is 3.05. The molecular weight excluding hydrogens is 260 g/mol. The molecule has 2 atom stereocenters. The molecule has 1 N–H and O–H groups in total. The van der Waals surface area contributed by atoms with Gasteiger partial charge in [0.1, 0.15) is 0 Å². The molecule has 1 amide bonds.